The molecule has 0 aliphatic rings. The maximum absolute atomic E-state index is 13.1. The molecule has 2 heterocycles. The van der Waals surface area contributed by atoms with Gasteiger partial charge in [0.2, 0.25) is 5.95 Å². The van der Waals surface area contributed by atoms with Crippen LogP contribution in [0.2, 0.25) is 0 Å². The molecule has 7 heteroatoms. The molecule has 4 rings (SSSR count). The lowest BCUT2D eigenvalue weighted by Gasteiger charge is -2.21. The van der Waals surface area contributed by atoms with Gasteiger partial charge in [0.25, 0.3) is 5.91 Å². The number of anilines is 3. The summed E-state index contributed by atoms with van der Waals surface area (Å²) >= 11 is 0. The van der Waals surface area contributed by atoms with E-state index < -0.39 is 0 Å². The van der Waals surface area contributed by atoms with Gasteiger partial charge in [-0.15, -0.1) is 0 Å². The van der Waals surface area contributed by atoms with Crippen LogP contribution in [0.15, 0.2) is 79.3 Å². The molecule has 1 atom stereocenters. The lowest BCUT2D eigenvalue weighted by Crippen LogP contribution is -2.20. The first-order chi connectivity index (χ1) is 17.9. The summed E-state index contributed by atoms with van der Waals surface area (Å²) in [6.45, 7) is 5.20. The number of aryl methyl sites for hydroxylation is 1. The maximum Gasteiger partial charge on any atom is 0.255 e. The number of nitrogens with one attached hydrogen (secondary N) is 2. The summed E-state index contributed by atoms with van der Waals surface area (Å²) in [6, 6.07) is 19.4. The van der Waals surface area contributed by atoms with Gasteiger partial charge in [-0.1, -0.05) is 31.5 Å². The Kier molecular flexibility index (Phi) is 8.59. The summed E-state index contributed by atoms with van der Waals surface area (Å²) in [4.78, 5) is 28.4. The molecule has 1 unspecified atom stereocenters. The van der Waals surface area contributed by atoms with Crippen LogP contribution in [0, 0.1) is 6.92 Å². The molecule has 2 aromatic carbocycles. The van der Waals surface area contributed by atoms with Crippen molar-refractivity contribution in [2.75, 3.05) is 31.3 Å². The highest BCUT2D eigenvalue weighted by Crippen LogP contribution is 2.25. The third kappa shape index (κ3) is 6.98. The lowest BCUT2D eigenvalue weighted by molar-refractivity contribution is 0.102. The number of hydrogen-bond acceptors (Lipinski definition) is 6. The number of aromatic nitrogens is 3. The average molecular weight is 495 g/mol. The summed E-state index contributed by atoms with van der Waals surface area (Å²) in [5.41, 5.74) is 6.06. The molecule has 0 aliphatic heterocycles. The summed E-state index contributed by atoms with van der Waals surface area (Å²) in [7, 11) is 4.21. The van der Waals surface area contributed by atoms with Gasteiger partial charge in [0.15, 0.2) is 0 Å². The molecule has 0 saturated carbocycles. The van der Waals surface area contributed by atoms with Crippen molar-refractivity contribution in [3.05, 3.63) is 95.9 Å². The summed E-state index contributed by atoms with van der Waals surface area (Å²) in [5, 5.41) is 6.29. The van der Waals surface area contributed by atoms with Crippen molar-refractivity contribution in [2.24, 2.45) is 0 Å². The van der Waals surface area contributed by atoms with Crippen LogP contribution in [-0.4, -0.2) is 46.4 Å². The quantitative estimate of drug-likeness (QED) is 0.270. The molecule has 2 N–H and O–H groups in total. The molecule has 2 aromatic heterocycles. The monoisotopic (exact) mass is 494 g/mol. The zero-order valence-electron chi connectivity index (χ0n) is 21.9. The first-order valence-corrected chi connectivity index (χ1v) is 12.6. The predicted molar refractivity (Wildman–Crippen MR) is 150 cm³/mol. The SMILES string of the molecule is CCCC(CN(C)C)c1ccc(NC(=O)c2ccc(C)c(Nc3nccc(-c4cccnc4)n3)c2)cc1. The van der Waals surface area contributed by atoms with Crippen LogP contribution >= 0.6 is 0 Å². The summed E-state index contributed by atoms with van der Waals surface area (Å²) in [6.07, 6.45) is 7.47. The van der Waals surface area contributed by atoms with Crippen molar-refractivity contribution in [3.8, 4) is 11.3 Å². The second-order valence-electron chi connectivity index (χ2n) is 9.49. The zero-order chi connectivity index (χ0) is 26.2. The Labute approximate surface area is 219 Å². The lowest BCUT2D eigenvalue weighted by atomic mass is 9.94. The molecular weight excluding hydrogens is 460 g/mol. The van der Waals surface area contributed by atoms with E-state index in [1.165, 1.54) is 5.56 Å². The van der Waals surface area contributed by atoms with Crippen LogP contribution in [-0.2, 0) is 0 Å². The number of carbonyl (C=O) groups is 1. The number of likely N-dealkylation sites (N-methyl/N-ethyl adjacent to an activating group) is 1. The zero-order valence-corrected chi connectivity index (χ0v) is 21.9. The Hall–Kier alpha value is -4.10. The fraction of sp³-hybridized carbons (Fsp3) is 0.267. The number of pyridine rings is 1. The minimum absolute atomic E-state index is 0.167. The molecule has 0 bridgehead atoms. The van der Waals surface area contributed by atoms with Gasteiger partial charge in [0.05, 0.1) is 5.69 Å². The van der Waals surface area contributed by atoms with Crippen LogP contribution in [0.4, 0.5) is 17.3 Å². The number of amides is 1. The van der Waals surface area contributed by atoms with Crippen LogP contribution in [0.1, 0.15) is 47.2 Å². The third-order valence-electron chi connectivity index (χ3n) is 6.22. The Morgan fingerprint density at radius 2 is 1.84 bits per heavy atom. The number of nitrogens with zero attached hydrogens (tertiary/aromatic N) is 4. The largest absolute Gasteiger partial charge is 0.324 e. The van der Waals surface area contributed by atoms with Crippen LogP contribution in [0.3, 0.4) is 0 Å². The van der Waals surface area contributed by atoms with Gasteiger partial charge in [-0.2, -0.15) is 0 Å². The third-order valence-corrected chi connectivity index (χ3v) is 6.22. The smallest absolute Gasteiger partial charge is 0.255 e. The van der Waals surface area contributed by atoms with Gasteiger partial charge in [-0.3, -0.25) is 9.78 Å². The summed E-state index contributed by atoms with van der Waals surface area (Å²) < 4.78 is 0. The molecule has 190 valence electrons. The molecule has 37 heavy (non-hydrogen) atoms. The van der Waals surface area contributed by atoms with Gasteiger partial charge in [0, 0.05) is 47.6 Å². The van der Waals surface area contributed by atoms with E-state index in [0.29, 0.717) is 17.4 Å². The highest BCUT2D eigenvalue weighted by molar-refractivity contribution is 6.05. The molecule has 0 fully saturated rings. The number of hydrogen-bond donors (Lipinski definition) is 2. The summed E-state index contributed by atoms with van der Waals surface area (Å²) in [5.74, 6) is 0.769. The minimum atomic E-state index is -0.167. The topological polar surface area (TPSA) is 83.0 Å². The average Bonchev–Trinajstić information content (AvgIpc) is 2.90. The van der Waals surface area contributed by atoms with E-state index in [-0.39, 0.29) is 5.91 Å². The van der Waals surface area contributed by atoms with Gasteiger partial charge in [-0.25, -0.2) is 9.97 Å². The van der Waals surface area contributed by atoms with Crippen LogP contribution < -0.4 is 10.6 Å². The van der Waals surface area contributed by atoms with Crippen molar-refractivity contribution < 1.29 is 4.79 Å². The highest BCUT2D eigenvalue weighted by atomic mass is 16.1. The van der Waals surface area contributed by atoms with E-state index in [4.69, 9.17) is 0 Å². The van der Waals surface area contributed by atoms with Crippen LogP contribution in [0.5, 0.6) is 0 Å². The van der Waals surface area contributed by atoms with E-state index in [9.17, 15) is 4.79 Å². The van der Waals surface area contributed by atoms with Crippen molar-refractivity contribution >= 4 is 23.2 Å². The first-order valence-electron chi connectivity index (χ1n) is 12.6. The van der Waals surface area contributed by atoms with Gasteiger partial charge in [-0.05, 0) is 86.9 Å². The van der Waals surface area contributed by atoms with Crippen LogP contribution in [0.25, 0.3) is 11.3 Å². The fourth-order valence-electron chi connectivity index (χ4n) is 4.31. The van der Waals surface area contributed by atoms with E-state index in [1.54, 1.807) is 18.6 Å². The predicted octanol–water partition coefficient (Wildman–Crippen LogP) is 6.29. The molecule has 0 spiro atoms. The molecule has 7 nitrogen and oxygen atoms in total. The standard InChI is InChI=1S/C30H34N6O/c1-5-7-25(20-36(3)4)22-11-13-26(14-12-22)33-29(37)23-10-9-21(2)28(18-23)35-30-32-17-15-27(34-30)24-8-6-16-31-19-24/h6,8-19,25H,5,7,20H2,1-4H3,(H,33,37)(H,32,34,35). The molecular formula is C30H34N6O. The van der Waals surface area contributed by atoms with Gasteiger partial charge < -0.3 is 15.5 Å². The molecule has 4 aromatic rings. The van der Waals surface area contributed by atoms with Crippen molar-refractivity contribution in [1.82, 2.24) is 19.9 Å². The molecule has 0 aliphatic carbocycles. The Balaban J connectivity index is 1.47. The number of rotatable bonds is 10. The van der Waals surface area contributed by atoms with Crippen molar-refractivity contribution in [2.45, 2.75) is 32.6 Å². The van der Waals surface area contributed by atoms with Crippen molar-refractivity contribution in [3.63, 3.8) is 0 Å². The number of benzene rings is 2. The van der Waals surface area contributed by atoms with Gasteiger partial charge >= 0.3 is 0 Å². The Morgan fingerprint density at radius 1 is 1.03 bits per heavy atom. The van der Waals surface area contributed by atoms with E-state index in [1.807, 2.05) is 55.5 Å². The molecule has 0 saturated heterocycles. The highest BCUT2D eigenvalue weighted by Gasteiger charge is 2.14. The molecule has 0 radical (unpaired) electrons. The van der Waals surface area contributed by atoms with Gasteiger partial charge in [0.1, 0.15) is 0 Å². The Morgan fingerprint density at radius 3 is 2.54 bits per heavy atom. The second-order valence-corrected chi connectivity index (χ2v) is 9.49. The minimum Gasteiger partial charge on any atom is -0.324 e. The van der Waals surface area contributed by atoms with E-state index in [2.05, 4.69) is 63.6 Å². The fourth-order valence-corrected chi connectivity index (χ4v) is 4.31. The van der Waals surface area contributed by atoms with E-state index in [0.717, 1.165) is 47.6 Å². The number of carbonyl (C=O) groups excluding carboxylic acids is 1. The normalized spacial score (nSPS) is 11.8. The maximum atomic E-state index is 13.1. The second kappa shape index (κ2) is 12.2. The van der Waals surface area contributed by atoms with E-state index >= 15 is 0 Å². The Bertz CT molecular complexity index is 1320. The van der Waals surface area contributed by atoms with Crippen molar-refractivity contribution in [1.29, 1.82) is 0 Å². The molecule has 1 amide bonds. The first kappa shape index (κ1) is 26.0.